The van der Waals surface area contributed by atoms with Crippen LogP contribution in [-0.2, 0) is 0 Å². The maximum atomic E-state index is 2.27. The summed E-state index contributed by atoms with van der Waals surface area (Å²) < 4.78 is 0. The molecule has 0 atom stereocenters. The molecule has 8 heteroatoms. The minimum atomic E-state index is 0. The van der Waals surface area contributed by atoms with Crippen molar-refractivity contribution in [2.75, 3.05) is 0 Å². The van der Waals surface area contributed by atoms with Crippen LogP contribution in [-0.4, -0.2) is 140 Å². The molecule has 0 aliphatic heterocycles. The van der Waals surface area contributed by atoms with E-state index in [1.165, 1.54) is 0 Å². The van der Waals surface area contributed by atoms with Crippen molar-refractivity contribution in [3.8, 4) is 0 Å². The maximum Gasteiger partial charge on any atom is 0.0379 e. The van der Waals surface area contributed by atoms with E-state index < -0.39 is 0 Å². The fraction of sp³-hybridized carbons (Fsp3) is 1.00. The third-order valence-electron chi connectivity index (χ3n) is 0. The topological polar surface area (TPSA) is 0 Å². The van der Waals surface area contributed by atoms with E-state index in [2.05, 4.69) is 78.6 Å². The summed E-state index contributed by atoms with van der Waals surface area (Å²) in [6.45, 7) is 27.2. The zero-order valence-electron chi connectivity index (χ0n) is 15.8. The van der Waals surface area contributed by atoms with E-state index in [0.717, 1.165) is 0 Å². The van der Waals surface area contributed by atoms with Crippen LogP contribution < -0.4 is 0 Å². The number of hydrogen-bond acceptors (Lipinski definition) is 0. The first-order valence-corrected chi connectivity index (χ1v) is 18.0. The van der Waals surface area contributed by atoms with Gasteiger partial charge in [0.05, 0.1) is 0 Å². The van der Waals surface area contributed by atoms with E-state index in [0.29, 0.717) is 0 Å². The van der Waals surface area contributed by atoms with Crippen molar-refractivity contribution >= 4 is 140 Å². The molecule has 0 spiro atoms. The summed E-state index contributed by atoms with van der Waals surface area (Å²) in [6, 6.07) is 0. The average Bonchev–Trinajstić information content (AvgIpc) is 1.76. The molecule has 0 heterocycles. The molecule has 0 aromatic heterocycles. The molecule has 0 fully saturated rings. The molecule has 0 unspecified atom stereocenters. The zero-order chi connectivity index (χ0) is 14.3. The Morgan fingerprint density at radius 2 is 0.250 bits per heavy atom. The van der Waals surface area contributed by atoms with Crippen molar-refractivity contribution < 1.29 is 0 Å². The van der Waals surface area contributed by atoms with Crippen LogP contribution >= 0.6 is 0 Å². The summed E-state index contributed by atoms with van der Waals surface area (Å²) in [4.78, 5) is 0. The van der Waals surface area contributed by atoms with Gasteiger partial charge >= 0.3 is 0 Å². The van der Waals surface area contributed by atoms with Gasteiger partial charge in [0.2, 0.25) is 0 Å². The van der Waals surface area contributed by atoms with Gasteiger partial charge in [0, 0.05) is 140 Å². The first-order valence-electron chi connectivity index (χ1n) is 6.00. The van der Waals surface area contributed by atoms with Gasteiger partial charge in [0.25, 0.3) is 0 Å². The van der Waals surface area contributed by atoms with Crippen LogP contribution in [0.25, 0.3) is 0 Å². The fourth-order valence-corrected chi connectivity index (χ4v) is 0. The minimum Gasteiger partial charge on any atom is -0.0715 e. The summed E-state index contributed by atoms with van der Waals surface area (Å²) in [5.74, 6) is 0. The Kier molecular flexibility index (Phi) is 108. The Labute approximate surface area is 215 Å². The van der Waals surface area contributed by atoms with Crippen LogP contribution in [0.15, 0.2) is 0 Å². The summed E-state index contributed by atoms with van der Waals surface area (Å²) in [5.41, 5.74) is 0. The third-order valence-corrected chi connectivity index (χ3v) is 0. The normalized spacial score (nSPS) is 7.20. The largest absolute Gasteiger partial charge is 0.0715 e. The van der Waals surface area contributed by atoms with E-state index in [1.807, 2.05) is 0 Å². The van der Waals surface area contributed by atoms with Gasteiger partial charge in [0.15, 0.2) is 0 Å². The van der Waals surface area contributed by atoms with Crippen molar-refractivity contribution in [2.45, 2.75) is 78.6 Å². The Morgan fingerprint density at radius 3 is 0.250 bits per heavy atom. The van der Waals surface area contributed by atoms with Crippen molar-refractivity contribution in [3.63, 3.8) is 0 Å². The van der Waals surface area contributed by atoms with E-state index in [4.69, 9.17) is 0 Å². The first kappa shape index (κ1) is 49.7. The van der Waals surface area contributed by atoms with Crippen LogP contribution in [0.1, 0.15) is 0 Å². The van der Waals surface area contributed by atoms with E-state index in [-0.39, 0.29) is 140 Å². The van der Waals surface area contributed by atoms with Crippen LogP contribution in [0.5, 0.6) is 0 Å². The Hall–Kier alpha value is 4.40. The first-order chi connectivity index (χ1) is 6.93. The molecule has 0 bridgehead atoms. The maximum absolute atomic E-state index is 2.27. The molecule has 0 saturated heterocycles. The third kappa shape index (κ3) is 530. The Morgan fingerprint density at radius 1 is 0.250 bits per heavy atom. The van der Waals surface area contributed by atoms with Crippen LogP contribution in [0, 0.1) is 0 Å². The Balaban J connectivity index is -0.0000000150. The molecule has 16 radical (unpaired) electrons. The van der Waals surface area contributed by atoms with Gasteiger partial charge in [-0.2, -0.15) is 0 Å². The molecule has 0 amide bonds. The molecule has 0 rings (SSSR count). The van der Waals surface area contributed by atoms with Crippen molar-refractivity contribution in [1.29, 1.82) is 0 Å². The van der Waals surface area contributed by atoms with E-state index in [1.54, 1.807) is 0 Å². The van der Waals surface area contributed by atoms with Crippen LogP contribution in [0.3, 0.4) is 0 Å². The quantitative estimate of drug-likeness (QED) is 0.323. The summed E-state index contributed by atoms with van der Waals surface area (Å²) >= 11 is 0. The number of hydrogen-bond donors (Lipinski definition) is 0. The van der Waals surface area contributed by atoms with Crippen LogP contribution in [0.2, 0.25) is 78.6 Å². The molecule has 0 aliphatic rings. The smallest absolute Gasteiger partial charge is 0.0379 e. The second kappa shape index (κ2) is 43.7. The van der Waals surface area contributed by atoms with Crippen molar-refractivity contribution in [3.05, 3.63) is 0 Å². The van der Waals surface area contributed by atoms with Gasteiger partial charge < -0.3 is 0 Å². The van der Waals surface area contributed by atoms with Gasteiger partial charge in [-0.05, 0) is 0 Å². The predicted octanol–water partition coefficient (Wildman–Crippen LogP) is 3.96. The molecular formula is C12H36Bi4Si4. The molecule has 120 valence electrons. The monoisotopic (exact) mass is 1130 g/mol. The molecular weight excluding hydrogens is 1090 g/mol. The van der Waals surface area contributed by atoms with Crippen molar-refractivity contribution in [1.82, 2.24) is 0 Å². The number of rotatable bonds is 0. The fourth-order valence-electron chi connectivity index (χ4n) is 0. The molecule has 0 nitrogen and oxygen atoms in total. The average molecular weight is 1130 g/mol. The Bertz CT molecular complexity index is 70.4. The molecule has 0 N–H and O–H groups in total. The predicted molar refractivity (Wildman–Crippen MR) is 116 cm³/mol. The minimum absolute atomic E-state index is 0. The van der Waals surface area contributed by atoms with Gasteiger partial charge in [0.1, 0.15) is 0 Å². The second-order valence-corrected chi connectivity index (χ2v) is 18.0. The molecule has 0 aromatic rings. The molecule has 0 saturated carbocycles. The summed E-state index contributed by atoms with van der Waals surface area (Å²) in [6.07, 6.45) is 0. The summed E-state index contributed by atoms with van der Waals surface area (Å²) in [7, 11) is 0.481. The van der Waals surface area contributed by atoms with E-state index >= 15 is 0 Å². The van der Waals surface area contributed by atoms with Gasteiger partial charge in [-0.3, -0.25) is 0 Å². The van der Waals surface area contributed by atoms with Crippen LogP contribution in [0.4, 0.5) is 0 Å². The standard InChI is InChI=1S/4C3H9Si.4Bi/c4*1-4(2)3;;;;/h4*1-3H3;;;;. The molecule has 0 aliphatic carbocycles. The summed E-state index contributed by atoms with van der Waals surface area (Å²) in [5, 5.41) is 0. The zero-order valence-corrected chi connectivity index (χ0v) is 33.7. The van der Waals surface area contributed by atoms with Gasteiger partial charge in [-0.25, -0.2) is 0 Å². The SMILES string of the molecule is C[Si](C)C.C[Si](C)C.C[Si](C)C.C[Si](C)C.[Bi].[Bi].[Bi].[Bi]. The molecule has 20 heavy (non-hydrogen) atoms. The van der Waals surface area contributed by atoms with Gasteiger partial charge in [-0.1, -0.05) is 78.6 Å². The second-order valence-electron chi connectivity index (χ2n) is 6.00. The molecule has 0 aromatic carbocycles. The van der Waals surface area contributed by atoms with Crippen molar-refractivity contribution in [2.24, 2.45) is 0 Å². The van der Waals surface area contributed by atoms with Gasteiger partial charge in [-0.15, -0.1) is 0 Å². The van der Waals surface area contributed by atoms with E-state index in [9.17, 15) is 0 Å².